The molecule has 3 aliphatic heterocycles. The number of ether oxygens (including phenoxy) is 2. The second-order valence-electron chi connectivity index (χ2n) is 6.70. The van der Waals surface area contributed by atoms with Gasteiger partial charge in [0.05, 0.1) is 13.2 Å². The molecule has 128 valence electrons. The van der Waals surface area contributed by atoms with Crippen LogP contribution in [0.2, 0.25) is 0 Å². The number of likely N-dealkylation sites (tertiary alicyclic amines) is 1. The summed E-state index contributed by atoms with van der Waals surface area (Å²) in [6, 6.07) is 7.11. The number of amides is 2. The van der Waals surface area contributed by atoms with Gasteiger partial charge in [-0.05, 0) is 18.6 Å². The topological polar surface area (TPSA) is 59.1 Å². The predicted molar refractivity (Wildman–Crippen MR) is 86.2 cm³/mol. The molecule has 2 fully saturated rings. The van der Waals surface area contributed by atoms with Crippen LogP contribution in [0.1, 0.15) is 35.7 Å². The smallest absolute Gasteiger partial charge is 0.255 e. The van der Waals surface area contributed by atoms with Gasteiger partial charge >= 0.3 is 0 Å². The van der Waals surface area contributed by atoms with Crippen LogP contribution in [0.4, 0.5) is 0 Å². The number of piperidine rings is 1. The van der Waals surface area contributed by atoms with E-state index in [2.05, 4.69) is 0 Å². The van der Waals surface area contributed by atoms with Crippen LogP contribution >= 0.6 is 0 Å². The van der Waals surface area contributed by atoms with E-state index in [1.807, 2.05) is 36.1 Å². The van der Waals surface area contributed by atoms with E-state index in [9.17, 15) is 9.59 Å². The summed E-state index contributed by atoms with van der Waals surface area (Å²) >= 11 is 0. The highest BCUT2D eigenvalue weighted by atomic mass is 16.7. The Kier molecular flexibility index (Phi) is 3.81. The molecule has 3 aliphatic rings. The van der Waals surface area contributed by atoms with Crippen molar-refractivity contribution in [2.45, 2.75) is 38.1 Å². The van der Waals surface area contributed by atoms with E-state index in [-0.39, 0.29) is 11.8 Å². The SMILES string of the molecule is CC(C(=O)N1CCC2(CC1)OCCO2)N1Cc2ccccc2C1=O. The first kappa shape index (κ1) is 15.6. The fraction of sp³-hybridized carbons (Fsp3) is 0.556. The fourth-order valence-electron chi connectivity index (χ4n) is 3.84. The van der Waals surface area contributed by atoms with Crippen molar-refractivity contribution in [2.24, 2.45) is 0 Å². The van der Waals surface area contributed by atoms with Gasteiger partial charge in [-0.2, -0.15) is 0 Å². The van der Waals surface area contributed by atoms with E-state index in [0.29, 0.717) is 51.3 Å². The summed E-state index contributed by atoms with van der Waals surface area (Å²) in [6.07, 6.45) is 1.39. The van der Waals surface area contributed by atoms with Crippen molar-refractivity contribution < 1.29 is 19.1 Å². The third-order valence-corrected chi connectivity index (χ3v) is 5.32. The maximum Gasteiger partial charge on any atom is 0.255 e. The molecule has 4 rings (SSSR count). The van der Waals surface area contributed by atoms with Crippen molar-refractivity contribution in [1.29, 1.82) is 0 Å². The van der Waals surface area contributed by atoms with E-state index < -0.39 is 11.8 Å². The fourth-order valence-corrected chi connectivity index (χ4v) is 3.84. The lowest BCUT2D eigenvalue weighted by atomic mass is 10.0. The maximum atomic E-state index is 12.8. The molecule has 1 unspecified atom stereocenters. The second kappa shape index (κ2) is 5.86. The first-order chi connectivity index (χ1) is 11.6. The van der Waals surface area contributed by atoms with Gasteiger partial charge in [0.15, 0.2) is 5.79 Å². The highest BCUT2D eigenvalue weighted by Crippen LogP contribution is 2.32. The Labute approximate surface area is 141 Å². The summed E-state index contributed by atoms with van der Waals surface area (Å²) in [4.78, 5) is 28.9. The van der Waals surface area contributed by atoms with Gasteiger partial charge in [0.1, 0.15) is 6.04 Å². The molecule has 0 aromatic heterocycles. The van der Waals surface area contributed by atoms with Crippen molar-refractivity contribution in [3.63, 3.8) is 0 Å². The van der Waals surface area contributed by atoms with Gasteiger partial charge in [-0.3, -0.25) is 9.59 Å². The molecular formula is C18H22N2O4. The predicted octanol–water partition coefficient (Wildman–Crippen LogP) is 1.40. The van der Waals surface area contributed by atoms with E-state index >= 15 is 0 Å². The Hall–Kier alpha value is -1.92. The van der Waals surface area contributed by atoms with Crippen LogP contribution in [0.25, 0.3) is 0 Å². The van der Waals surface area contributed by atoms with Crippen molar-refractivity contribution in [2.75, 3.05) is 26.3 Å². The van der Waals surface area contributed by atoms with Gasteiger partial charge in [-0.15, -0.1) is 0 Å². The molecule has 6 nitrogen and oxygen atoms in total. The minimum absolute atomic E-state index is 0.00371. The standard InChI is InChI=1S/C18H22N2O4/c1-13(20-12-14-4-2-3-5-15(14)17(20)22)16(21)19-8-6-18(7-9-19)23-10-11-24-18/h2-5,13H,6-12H2,1H3. The quantitative estimate of drug-likeness (QED) is 0.822. The Morgan fingerprint density at radius 3 is 2.50 bits per heavy atom. The molecule has 0 saturated carbocycles. The van der Waals surface area contributed by atoms with Crippen LogP contribution in [-0.4, -0.2) is 59.7 Å². The largest absolute Gasteiger partial charge is 0.347 e. The Balaban J connectivity index is 1.41. The third kappa shape index (κ3) is 2.50. The molecule has 1 spiro atoms. The van der Waals surface area contributed by atoms with E-state index in [0.717, 1.165) is 5.56 Å². The van der Waals surface area contributed by atoms with Crippen LogP contribution < -0.4 is 0 Å². The zero-order chi connectivity index (χ0) is 16.7. The van der Waals surface area contributed by atoms with Crippen molar-refractivity contribution in [3.05, 3.63) is 35.4 Å². The number of carbonyl (C=O) groups is 2. The number of benzene rings is 1. The van der Waals surface area contributed by atoms with Gasteiger partial charge in [0, 0.05) is 38.0 Å². The summed E-state index contributed by atoms with van der Waals surface area (Å²) in [5.41, 5.74) is 1.70. The zero-order valence-electron chi connectivity index (χ0n) is 13.9. The third-order valence-electron chi connectivity index (χ3n) is 5.32. The van der Waals surface area contributed by atoms with Gasteiger partial charge in [-0.1, -0.05) is 18.2 Å². The monoisotopic (exact) mass is 330 g/mol. The second-order valence-corrected chi connectivity index (χ2v) is 6.70. The minimum Gasteiger partial charge on any atom is -0.347 e. The van der Waals surface area contributed by atoms with Crippen LogP contribution in [0.5, 0.6) is 0 Å². The zero-order valence-corrected chi connectivity index (χ0v) is 13.9. The average Bonchev–Trinajstić information content (AvgIpc) is 3.20. The van der Waals surface area contributed by atoms with Crippen molar-refractivity contribution >= 4 is 11.8 Å². The summed E-state index contributed by atoms with van der Waals surface area (Å²) in [5, 5.41) is 0. The minimum atomic E-state index is -0.486. The first-order valence-electron chi connectivity index (χ1n) is 8.55. The van der Waals surface area contributed by atoms with Gasteiger partial charge in [0.25, 0.3) is 5.91 Å². The molecule has 0 bridgehead atoms. The Morgan fingerprint density at radius 2 is 1.83 bits per heavy atom. The summed E-state index contributed by atoms with van der Waals surface area (Å²) in [7, 11) is 0. The maximum absolute atomic E-state index is 12.8. The summed E-state index contributed by atoms with van der Waals surface area (Å²) in [6.45, 7) is 4.80. The van der Waals surface area contributed by atoms with Crippen LogP contribution in [0.15, 0.2) is 24.3 Å². The Bertz CT molecular complexity index is 659. The average molecular weight is 330 g/mol. The van der Waals surface area contributed by atoms with E-state index in [1.54, 1.807) is 4.90 Å². The lowest BCUT2D eigenvalue weighted by molar-refractivity contribution is -0.188. The van der Waals surface area contributed by atoms with E-state index in [1.165, 1.54) is 0 Å². The van der Waals surface area contributed by atoms with Gasteiger partial charge < -0.3 is 19.3 Å². The molecule has 0 radical (unpaired) electrons. The molecule has 24 heavy (non-hydrogen) atoms. The molecule has 3 heterocycles. The van der Waals surface area contributed by atoms with E-state index in [4.69, 9.17) is 9.47 Å². The summed E-state index contributed by atoms with van der Waals surface area (Å²) < 4.78 is 11.4. The van der Waals surface area contributed by atoms with Crippen molar-refractivity contribution in [1.82, 2.24) is 9.80 Å². The van der Waals surface area contributed by atoms with Crippen LogP contribution in [0.3, 0.4) is 0 Å². The lowest BCUT2D eigenvalue weighted by Gasteiger charge is -2.39. The molecular weight excluding hydrogens is 308 g/mol. The summed E-state index contributed by atoms with van der Waals surface area (Å²) in [5.74, 6) is -0.536. The highest BCUT2D eigenvalue weighted by Gasteiger charge is 2.42. The molecule has 2 amide bonds. The number of fused-ring (bicyclic) bond motifs is 1. The molecule has 1 aromatic carbocycles. The molecule has 0 N–H and O–H groups in total. The molecule has 6 heteroatoms. The van der Waals surface area contributed by atoms with Crippen LogP contribution in [-0.2, 0) is 20.8 Å². The van der Waals surface area contributed by atoms with Gasteiger partial charge in [0.2, 0.25) is 5.91 Å². The van der Waals surface area contributed by atoms with Gasteiger partial charge in [-0.25, -0.2) is 0 Å². The number of carbonyl (C=O) groups excluding carboxylic acids is 2. The Morgan fingerprint density at radius 1 is 1.17 bits per heavy atom. The van der Waals surface area contributed by atoms with Crippen LogP contribution in [0, 0.1) is 0 Å². The number of hydrogen-bond acceptors (Lipinski definition) is 4. The first-order valence-corrected chi connectivity index (χ1v) is 8.55. The molecule has 2 saturated heterocycles. The normalized spacial score (nSPS) is 23.6. The molecule has 0 aliphatic carbocycles. The number of rotatable bonds is 2. The lowest BCUT2D eigenvalue weighted by Crippen LogP contribution is -2.53. The molecule has 1 aromatic rings. The highest BCUT2D eigenvalue weighted by molar-refractivity contribution is 6.01. The number of hydrogen-bond donors (Lipinski definition) is 0. The van der Waals surface area contributed by atoms with Crippen molar-refractivity contribution in [3.8, 4) is 0 Å². The molecule has 1 atom stereocenters. The number of nitrogens with zero attached hydrogens (tertiary/aromatic N) is 2.